The summed E-state index contributed by atoms with van der Waals surface area (Å²) in [4.78, 5) is 0. The first-order chi connectivity index (χ1) is 7.79. The molecule has 1 radical (unpaired) electrons. The van der Waals surface area contributed by atoms with Gasteiger partial charge in [0.05, 0.1) is 6.61 Å². The summed E-state index contributed by atoms with van der Waals surface area (Å²) in [5.41, 5.74) is 2.04. The van der Waals surface area contributed by atoms with Gasteiger partial charge in [0, 0.05) is 5.02 Å². The molecule has 2 aromatic carbocycles. The van der Waals surface area contributed by atoms with Crippen molar-refractivity contribution in [1.29, 1.82) is 0 Å². The lowest BCUT2D eigenvalue weighted by molar-refractivity contribution is 0.340. The quantitative estimate of drug-likeness (QED) is 0.769. The molecule has 0 aromatic heterocycles. The van der Waals surface area contributed by atoms with E-state index < -0.39 is 0 Å². The summed E-state index contributed by atoms with van der Waals surface area (Å²) in [5.74, 6) is 0.869. The highest BCUT2D eigenvalue weighted by molar-refractivity contribution is 6.30. The van der Waals surface area contributed by atoms with E-state index in [9.17, 15) is 0 Å². The van der Waals surface area contributed by atoms with Gasteiger partial charge >= 0.3 is 0 Å². The molecule has 2 aromatic rings. The van der Waals surface area contributed by atoms with Gasteiger partial charge in [-0.25, -0.2) is 0 Å². The van der Waals surface area contributed by atoms with Crippen molar-refractivity contribution in [2.75, 3.05) is 6.61 Å². The van der Waals surface area contributed by atoms with E-state index >= 15 is 0 Å². The molecule has 0 spiro atoms. The Bertz CT molecular complexity index is 480. The van der Waals surface area contributed by atoms with Crippen molar-refractivity contribution in [2.45, 2.75) is 6.92 Å². The van der Waals surface area contributed by atoms with Crippen LogP contribution < -0.4 is 4.74 Å². The third kappa shape index (κ3) is 2.56. The van der Waals surface area contributed by atoms with Gasteiger partial charge in [-0.3, -0.25) is 0 Å². The molecule has 0 heterocycles. The van der Waals surface area contributed by atoms with E-state index in [1.807, 2.05) is 49.4 Å². The largest absolute Gasteiger partial charge is 0.494 e. The van der Waals surface area contributed by atoms with Crippen LogP contribution in [0.5, 0.6) is 5.75 Å². The van der Waals surface area contributed by atoms with Crippen molar-refractivity contribution >= 4 is 11.6 Å². The fourth-order valence-corrected chi connectivity index (χ4v) is 1.70. The van der Waals surface area contributed by atoms with Crippen LogP contribution in [0.25, 0.3) is 11.1 Å². The molecule has 0 fully saturated rings. The topological polar surface area (TPSA) is 9.23 Å². The minimum atomic E-state index is 0.669. The lowest BCUT2D eigenvalue weighted by Gasteiger charge is -2.06. The van der Waals surface area contributed by atoms with E-state index in [-0.39, 0.29) is 0 Å². The first kappa shape index (κ1) is 11.0. The summed E-state index contributed by atoms with van der Waals surface area (Å²) in [6.07, 6.45) is 0. The zero-order chi connectivity index (χ0) is 11.4. The Labute approximate surface area is 101 Å². The lowest BCUT2D eigenvalue weighted by atomic mass is 10.1. The maximum absolute atomic E-state index is 5.94. The van der Waals surface area contributed by atoms with E-state index in [0.717, 1.165) is 21.9 Å². The molecule has 2 heteroatoms. The first-order valence-electron chi connectivity index (χ1n) is 5.20. The van der Waals surface area contributed by atoms with Crippen molar-refractivity contribution in [3.05, 3.63) is 53.6 Å². The van der Waals surface area contributed by atoms with Gasteiger partial charge in [0.2, 0.25) is 0 Å². The van der Waals surface area contributed by atoms with Gasteiger partial charge in [0.1, 0.15) is 5.75 Å². The van der Waals surface area contributed by atoms with Crippen LogP contribution in [-0.2, 0) is 0 Å². The average Bonchev–Trinajstić information content (AvgIpc) is 2.30. The van der Waals surface area contributed by atoms with Crippen molar-refractivity contribution < 1.29 is 4.74 Å². The normalized spacial score (nSPS) is 10.1. The van der Waals surface area contributed by atoms with Gasteiger partial charge < -0.3 is 4.74 Å². The molecular weight excluding hydrogens is 220 g/mol. The fourth-order valence-electron chi connectivity index (χ4n) is 1.53. The smallest absolute Gasteiger partial charge is 0.119 e. The SMILES string of the molecule is CCOc1cccc(-c2[c]ccc(Cl)c2)c1. The van der Waals surface area contributed by atoms with E-state index in [4.69, 9.17) is 16.3 Å². The lowest BCUT2D eigenvalue weighted by Crippen LogP contribution is -1.91. The molecule has 0 N–H and O–H groups in total. The predicted octanol–water partition coefficient (Wildman–Crippen LogP) is 4.21. The second kappa shape index (κ2) is 5.04. The van der Waals surface area contributed by atoms with Crippen LogP contribution in [0.2, 0.25) is 5.02 Å². The van der Waals surface area contributed by atoms with Crippen molar-refractivity contribution in [3.8, 4) is 16.9 Å². The summed E-state index contributed by atoms with van der Waals surface area (Å²) in [7, 11) is 0. The van der Waals surface area contributed by atoms with Gasteiger partial charge in [-0.15, -0.1) is 0 Å². The zero-order valence-corrected chi connectivity index (χ0v) is 9.79. The maximum atomic E-state index is 5.94. The van der Waals surface area contributed by atoms with Crippen molar-refractivity contribution in [1.82, 2.24) is 0 Å². The minimum absolute atomic E-state index is 0.669. The van der Waals surface area contributed by atoms with E-state index in [0.29, 0.717) is 6.61 Å². The van der Waals surface area contributed by atoms with Crippen LogP contribution in [0.15, 0.2) is 42.5 Å². The van der Waals surface area contributed by atoms with Crippen LogP contribution in [-0.4, -0.2) is 6.61 Å². The second-order valence-electron chi connectivity index (χ2n) is 3.38. The Morgan fingerprint density at radius 1 is 1.25 bits per heavy atom. The summed E-state index contributed by atoms with van der Waals surface area (Å²) in [6.45, 7) is 2.64. The second-order valence-corrected chi connectivity index (χ2v) is 3.82. The van der Waals surface area contributed by atoms with Crippen LogP contribution in [0.4, 0.5) is 0 Å². The van der Waals surface area contributed by atoms with Crippen LogP contribution in [0, 0.1) is 6.07 Å². The third-order valence-corrected chi connectivity index (χ3v) is 2.45. The monoisotopic (exact) mass is 231 g/mol. The molecule has 0 aliphatic heterocycles. The highest BCUT2D eigenvalue weighted by Crippen LogP contribution is 2.25. The number of halogens is 1. The molecule has 0 amide bonds. The predicted molar refractivity (Wildman–Crippen MR) is 66.9 cm³/mol. The molecule has 0 saturated heterocycles. The van der Waals surface area contributed by atoms with E-state index in [1.165, 1.54) is 0 Å². The molecule has 16 heavy (non-hydrogen) atoms. The van der Waals surface area contributed by atoms with Gasteiger partial charge in [0.15, 0.2) is 0 Å². The number of ether oxygens (including phenoxy) is 1. The standard InChI is InChI=1S/C14H12ClO/c1-2-16-14-8-4-6-12(10-14)11-5-3-7-13(15)9-11/h3-4,6-10H,2H2,1H3. The average molecular weight is 232 g/mol. The zero-order valence-electron chi connectivity index (χ0n) is 9.03. The van der Waals surface area contributed by atoms with Gasteiger partial charge in [-0.1, -0.05) is 29.8 Å². The summed E-state index contributed by atoms with van der Waals surface area (Å²) < 4.78 is 5.45. The van der Waals surface area contributed by atoms with Crippen molar-refractivity contribution in [2.24, 2.45) is 0 Å². The number of rotatable bonds is 3. The summed E-state index contributed by atoms with van der Waals surface area (Å²) in [5, 5.41) is 0.718. The minimum Gasteiger partial charge on any atom is -0.494 e. The van der Waals surface area contributed by atoms with Gasteiger partial charge in [-0.05, 0) is 48.4 Å². The molecular formula is C14H12ClO. The highest BCUT2D eigenvalue weighted by atomic mass is 35.5. The molecule has 0 atom stereocenters. The van der Waals surface area contributed by atoms with Crippen molar-refractivity contribution in [3.63, 3.8) is 0 Å². The Balaban J connectivity index is 2.36. The number of hydrogen-bond donors (Lipinski definition) is 0. The molecule has 0 unspecified atom stereocenters. The Morgan fingerprint density at radius 2 is 2.12 bits per heavy atom. The molecule has 0 bridgehead atoms. The molecule has 2 rings (SSSR count). The van der Waals surface area contributed by atoms with E-state index in [1.54, 1.807) is 0 Å². The fraction of sp³-hybridized carbons (Fsp3) is 0.143. The summed E-state index contributed by atoms with van der Waals surface area (Å²) >= 11 is 5.94. The number of hydrogen-bond acceptors (Lipinski definition) is 1. The molecule has 0 aliphatic rings. The van der Waals surface area contributed by atoms with Crippen LogP contribution in [0.1, 0.15) is 6.92 Å². The Kier molecular flexibility index (Phi) is 3.47. The first-order valence-corrected chi connectivity index (χ1v) is 5.58. The molecule has 1 nitrogen and oxygen atoms in total. The summed E-state index contributed by atoms with van der Waals surface area (Å²) in [6, 6.07) is 16.6. The van der Waals surface area contributed by atoms with Crippen LogP contribution >= 0.6 is 11.6 Å². The maximum Gasteiger partial charge on any atom is 0.119 e. The van der Waals surface area contributed by atoms with Crippen LogP contribution in [0.3, 0.4) is 0 Å². The molecule has 81 valence electrons. The molecule has 0 aliphatic carbocycles. The third-order valence-electron chi connectivity index (χ3n) is 2.22. The van der Waals surface area contributed by atoms with Gasteiger partial charge in [-0.2, -0.15) is 0 Å². The van der Waals surface area contributed by atoms with Gasteiger partial charge in [0.25, 0.3) is 0 Å². The Hall–Kier alpha value is -1.47. The van der Waals surface area contributed by atoms with E-state index in [2.05, 4.69) is 6.07 Å². The number of benzene rings is 2. The Morgan fingerprint density at radius 3 is 2.88 bits per heavy atom. The molecule has 0 saturated carbocycles. The highest BCUT2D eigenvalue weighted by Gasteiger charge is 2.00.